The Morgan fingerprint density at radius 2 is 1.74 bits per heavy atom. The second-order valence-electron chi connectivity index (χ2n) is 8.89. The van der Waals surface area contributed by atoms with Crippen LogP contribution < -0.4 is 10.2 Å². The van der Waals surface area contributed by atoms with Crippen LogP contribution in [0.15, 0.2) is 71.3 Å². The number of nitrogens with one attached hydrogen (secondary N) is 1. The molecule has 0 amide bonds. The van der Waals surface area contributed by atoms with E-state index in [1.165, 1.54) is 12.1 Å². The molecule has 2 aromatic heterocycles. The van der Waals surface area contributed by atoms with Crippen molar-refractivity contribution < 1.29 is 8.81 Å². The van der Waals surface area contributed by atoms with Crippen LogP contribution in [0.1, 0.15) is 38.3 Å². The zero-order valence-electron chi connectivity index (χ0n) is 19.4. The fourth-order valence-electron chi connectivity index (χ4n) is 4.19. The van der Waals surface area contributed by atoms with E-state index in [2.05, 4.69) is 41.2 Å². The Labute approximate surface area is 198 Å². The molecular formula is C27H28FN5O. The average Bonchev–Trinajstić information content (AvgIpc) is 3.31. The molecule has 1 aliphatic rings. The van der Waals surface area contributed by atoms with Gasteiger partial charge in [-0.1, -0.05) is 37.3 Å². The SMILES string of the molecule is CC1CCN(c2nc(-c3ccc(F)cc3)c(-c3ccnc(NC(C)c4ccccc4)n3)o2)CC1. The Kier molecular flexibility index (Phi) is 6.25. The Morgan fingerprint density at radius 3 is 2.47 bits per heavy atom. The lowest BCUT2D eigenvalue weighted by Gasteiger charge is -2.28. The summed E-state index contributed by atoms with van der Waals surface area (Å²) >= 11 is 0. The van der Waals surface area contributed by atoms with Gasteiger partial charge in [-0.15, -0.1) is 0 Å². The molecular weight excluding hydrogens is 429 g/mol. The topological polar surface area (TPSA) is 67.1 Å². The van der Waals surface area contributed by atoms with Crippen LogP contribution in [0.25, 0.3) is 22.7 Å². The molecule has 4 aromatic rings. The summed E-state index contributed by atoms with van der Waals surface area (Å²) in [7, 11) is 0. The monoisotopic (exact) mass is 457 g/mol. The smallest absolute Gasteiger partial charge is 0.298 e. The van der Waals surface area contributed by atoms with E-state index in [1.807, 2.05) is 24.3 Å². The first kappa shape index (κ1) is 22.1. The maximum absolute atomic E-state index is 13.6. The molecule has 7 heteroatoms. The number of hydrogen-bond acceptors (Lipinski definition) is 6. The summed E-state index contributed by atoms with van der Waals surface area (Å²) in [6.07, 6.45) is 3.91. The van der Waals surface area contributed by atoms with Crippen LogP contribution in [0.2, 0.25) is 0 Å². The summed E-state index contributed by atoms with van der Waals surface area (Å²) in [6, 6.07) is 18.9. The molecule has 174 valence electrons. The van der Waals surface area contributed by atoms with Crippen LogP contribution in [0.4, 0.5) is 16.4 Å². The van der Waals surface area contributed by atoms with Crippen LogP contribution in [0.5, 0.6) is 0 Å². The molecule has 1 fully saturated rings. The number of nitrogens with zero attached hydrogens (tertiary/aromatic N) is 4. The second-order valence-corrected chi connectivity index (χ2v) is 8.89. The van der Waals surface area contributed by atoms with Gasteiger partial charge in [0.1, 0.15) is 17.2 Å². The average molecular weight is 458 g/mol. The minimum atomic E-state index is -0.289. The van der Waals surface area contributed by atoms with Gasteiger partial charge in [-0.25, -0.2) is 14.4 Å². The molecule has 6 nitrogen and oxygen atoms in total. The summed E-state index contributed by atoms with van der Waals surface area (Å²) in [5.41, 5.74) is 3.20. The van der Waals surface area contributed by atoms with Gasteiger partial charge in [-0.3, -0.25) is 0 Å². The molecule has 1 unspecified atom stereocenters. The van der Waals surface area contributed by atoms with Gasteiger partial charge < -0.3 is 14.6 Å². The van der Waals surface area contributed by atoms with E-state index < -0.39 is 0 Å². The molecule has 0 saturated carbocycles. The zero-order valence-corrected chi connectivity index (χ0v) is 19.4. The second kappa shape index (κ2) is 9.63. The van der Waals surface area contributed by atoms with Crippen molar-refractivity contribution in [2.45, 2.75) is 32.7 Å². The summed E-state index contributed by atoms with van der Waals surface area (Å²) in [5, 5.41) is 3.37. The van der Waals surface area contributed by atoms with E-state index in [0.29, 0.717) is 35.0 Å². The van der Waals surface area contributed by atoms with Crippen molar-refractivity contribution >= 4 is 12.0 Å². The van der Waals surface area contributed by atoms with Crippen LogP contribution in [-0.2, 0) is 0 Å². The minimum Gasteiger partial charge on any atom is -0.421 e. The molecule has 3 heterocycles. The highest BCUT2D eigenvalue weighted by molar-refractivity contribution is 5.76. The molecule has 1 saturated heterocycles. The first-order valence-electron chi connectivity index (χ1n) is 11.7. The van der Waals surface area contributed by atoms with Gasteiger partial charge in [-0.05, 0) is 61.6 Å². The number of hydrogen-bond donors (Lipinski definition) is 1. The lowest BCUT2D eigenvalue weighted by Crippen LogP contribution is -2.32. The normalized spacial score (nSPS) is 15.3. The van der Waals surface area contributed by atoms with Crippen molar-refractivity contribution in [3.63, 3.8) is 0 Å². The van der Waals surface area contributed by atoms with Crippen molar-refractivity contribution in [1.29, 1.82) is 0 Å². The number of benzene rings is 2. The third-order valence-corrected chi connectivity index (χ3v) is 6.32. The van der Waals surface area contributed by atoms with Gasteiger partial charge in [0.05, 0.1) is 6.04 Å². The summed E-state index contributed by atoms with van der Waals surface area (Å²) in [6.45, 7) is 6.14. The van der Waals surface area contributed by atoms with Crippen molar-refractivity contribution in [2.75, 3.05) is 23.3 Å². The number of oxazole rings is 1. The van der Waals surface area contributed by atoms with Gasteiger partial charge >= 0.3 is 0 Å². The molecule has 1 atom stereocenters. The lowest BCUT2D eigenvalue weighted by atomic mass is 10.00. The lowest BCUT2D eigenvalue weighted by molar-refractivity contribution is 0.414. The molecule has 0 bridgehead atoms. The van der Waals surface area contributed by atoms with Crippen molar-refractivity contribution in [3.05, 3.63) is 78.2 Å². The van der Waals surface area contributed by atoms with Crippen molar-refractivity contribution in [2.24, 2.45) is 5.92 Å². The molecule has 5 rings (SSSR count). The summed E-state index contributed by atoms with van der Waals surface area (Å²) < 4.78 is 19.9. The summed E-state index contributed by atoms with van der Waals surface area (Å²) in [4.78, 5) is 16.1. The van der Waals surface area contributed by atoms with Gasteiger partial charge in [0.15, 0.2) is 5.76 Å². The number of aromatic nitrogens is 3. The van der Waals surface area contributed by atoms with Gasteiger partial charge in [0.2, 0.25) is 5.95 Å². The Hall–Kier alpha value is -3.74. The van der Waals surface area contributed by atoms with E-state index >= 15 is 0 Å². The summed E-state index contributed by atoms with van der Waals surface area (Å²) in [5.74, 6) is 1.47. The van der Waals surface area contributed by atoms with Crippen LogP contribution >= 0.6 is 0 Å². The molecule has 2 aromatic carbocycles. The van der Waals surface area contributed by atoms with Gasteiger partial charge in [0.25, 0.3) is 6.01 Å². The van der Waals surface area contributed by atoms with E-state index in [9.17, 15) is 4.39 Å². The predicted octanol–water partition coefficient (Wildman–Crippen LogP) is 6.35. The number of piperidine rings is 1. The van der Waals surface area contributed by atoms with Crippen LogP contribution in [0.3, 0.4) is 0 Å². The van der Waals surface area contributed by atoms with Crippen molar-refractivity contribution in [1.82, 2.24) is 15.0 Å². The third kappa shape index (κ3) is 4.78. The van der Waals surface area contributed by atoms with Gasteiger partial charge in [-0.2, -0.15) is 4.98 Å². The van der Waals surface area contributed by atoms with E-state index in [0.717, 1.165) is 37.1 Å². The minimum absolute atomic E-state index is 0.0358. The highest BCUT2D eigenvalue weighted by atomic mass is 19.1. The van der Waals surface area contributed by atoms with E-state index in [1.54, 1.807) is 18.3 Å². The highest BCUT2D eigenvalue weighted by Gasteiger charge is 2.25. The Bertz CT molecular complexity index is 1230. The Balaban J connectivity index is 1.49. The largest absolute Gasteiger partial charge is 0.421 e. The molecule has 0 spiro atoms. The Morgan fingerprint density at radius 1 is 1.00 bits per heavy atom. The predicted molar refractivity (Wildman–Crippen MR) is 132 cm³/mol. The zero-order chi connectivity index (χ0) is 23.5. The van der Waals surface area contributed by atoms with Gasteiger partial charge in [0, 0.05) is 24.8 Å². The van der Waals surface area contributed by atoms with Crippen LogP contribution in [-0.4, -0.2) is 28.0 Å². The molecule has 0 aliphatic carbocycles. The maximum atomic E-state index is 13.6. The standard InChI is InChI=1S/C27H28FN5O/c1-18-13-16-33(17-14-18)27-32-24(21-8-10-22(28)11-9-21)25(34-27)23-12-15-29-26(31-23)30-19(2)20-6-4-3-5-7-20/h3-12,15,18-19H,13-14,16-17H2,1-2H3,(H,29,30,31). The van der Waals surface area contributed by atoms with E-state index in [-0.39, 0.29) is 11.9 Å². The number of rotatable bonds is 6. The fraction of sp³-hybridized carbons (Fsp3) is 0.296. The third-order valence-electron chi connectivity index (χ3n) is 6.32. The maximum Gasteiger partial charge on any atom is 0.298 e. The quantitative estimate of drug-likeness (QED) is 0.364. The first-order valence-corrected chi connectivity index (χ1v) is 11.7. The first-order chi connectivity index (χ1) is 16.6. The fourth-order valence-corrected chi connectivity index (χ4v) is 4.19. The van der Waals surface area contributed by atoms with Crippen molar-refractivity contribution in [3.8, 4) is 22.7 Å². The number of anilines is 2. The number of halogens is 1. The molecule has 34 heavy (non-hydrogen) atoms. The molecule has 1 N–H and O–H groups in total. The van der Waals surface area contributed by atoms with Crippen LogP contribution in [0, 0.1) is 11.7 Å². The highest BCUT2D eigenvalue weighted by Crippen LogP contribution is 2.36. The molecule has 1 aliphatic heterocycles. The molecule has 0 radical (unpaired) electrons. The van der Waals surface area contributed by atoms with E-state index in [4.69, 9.17) is 14.4 Å².